The fourth-order valence-corrected chi connectivity index (χ4v) is 10.1. The summed E-state index contributed by atoms with van der Waals surface area (Å²) in [6.07, 6.45) is 7.84. The Morgan fingerprint density at radius 2 is 1.51 bits per heavy atom. The maximum atomic E-state index is 8.75. The molecule has 1 radical (unpaired) electrons. The number of benzene rings is 3. The molecular weight excluding hydrogens is 883 g/mol. The van der Waals surface area contributed by atoms with Crippen LogP contribution in [0.25, 0.3) is 54.1 Å². The predicted molar refractivity (Wildman–Crippen MR) is 234 cm³/mol. The maximum Gasteiger partial charge on any atom is 0.114 e. The van der Waals surface area contributed by atoms with Crippen LogP contribution in [-0.4, -0.2) is 23.0 Å². The van der Waals surface area contributed by atoms with Gasteiger partial charge in [-0.2, -0.15) is 11.3 Å². The first kappa shape index (κ1) is 38.1. The van der Waals surface area contributed by atoms with Crippen molar-refractivity contribution in [3.63, 3.8) is 0 Å². The average Bonchev–Trinajstić information content (AvgIpc) is 3.87. The summed E-state index contributed by atoms with van der Waals surface area (Å²) in [5, 5.41) is 3.53. The van der Waals surface area contributed by atoms with Gasteiger partial charge in [-0.1, -0.05) is 127 Å². The quantitative estimate of drug-likeness (QED) is 0.118. The normalized spacial score (nSPS) is 14.5. The van der Waals surface area contributed by atoms with Gasteiger partial charge in [0, 0.05) is 40.8 Å². The van der Waals surface area contributed by atoms with Gasteiger partial charge < -0.3 is 9.97 Å². The molecule has 0 bridgehead atoms. The number of rotatable bonds is 7. The minimum atomic E-state index is -1.70. The van der Waals surface area contributed by atoms with Gasteiger partial charge in [0.25, 0.3) is 0 Å². The molecule has 0 aliphatic heterocycles. The van der Waals surface area contributed by atoms with Crippen molar-refractivity contribution in [2.24, 2.45) is 11.3 Å². The van der Waals surface area contributed by atoms with Crippen molar-refractivity contribution in [3.05, 3.63) is 133 Å². The topological polar surface area (TPSA) is 38.7 Å². The largest absolute Gasteiger partial charge is 0.305 e. The van der Waals surface area contributed by atoms with Crippen LogP contribution in [0, 0.1) is 23.5 Å². The second-order valence-electron chi connectivity index (χ2n) is 17.3. The summed E-state index contributed by atoms with van der Waals surface area (Å²) in [6.45, 7) is 17.4. The Balaban J connectivity index is 0.000000203. The van der Waals surface area contributed by atoms with E-state index in [2.05, 4.69) is 111 Å². The van der Waals surface area contributed by atoms with Crippen LogP contribution in [-0.2, 0) is 31.9 Å². The van der Waals surface area contributed by atoms with Crippen LogP contribution in [0.15, 0.2) is 109 Å². The Labute approximate surface area is 350 Å². The van der Waals surface area contributed by atoms with E-state index in [0.717, 1.165) is 55.3 Å². The van der Waals surface area contributed by atoms with E-state index in [4.69, 9.17) is 12.7 Å². The molecule has 8 rings (SSSR count). The smallest absolute Gasteiger partial charge is 0.114 e. The van der Waals surface area contributed by atoms with E-state index in [1.54, 1.807) is 11.3 Å². The molecule has 3 aromatic carbocycles. The molecule has 285 valence electrons. The average molecular weight is 938 g/mol. The van der Waals surface area contributed by atoms with Crippen LogP contribution < -0.4 is 5.19 Å². The van der Waals surface area contributed by atoms with Gasteiger partial charge in [-0.25, -0.2) is 4.98 Å². The molecule has 0 saturated heterocycles. The van der Waals surface area contributed by atoms with Crippen LogP contribution in [0.2, 0.25) is 19.6 Å². The summed E-state index contributed by atoms with van der Waals surface area (Å²) in [6, 6.07) is 39.9. The first-order valence-corrected chi connectivity index (χ1v) is 23.6. The van der Waals surface area contributed by atoms with E-state index in [0.29, 0.717) is 0 Å². The number of hydrogen-bond donors (Lipinski definition) is 0. The number of hydrogen-bond acceptors (Lipinski definition) is 4. The second kappa shape index (κ2) is 16.7. The molecule has 1 aliphatic rings. The van der Waals surface area contributed by atoms with Crippen molar-refractivity contribution in [3.8, 4) is 33.8 Å². The monoisotopic (exact) mass is 938 g/mol. The molecule has 3 nitrogen and oxygen atoms in total. The van der Waals surface area contributed by atoms with Gasteiger partial charge in [-0.05, 0) is 80.3 Å². The third kappa shape index (κ3) is 9.43. The summed E-state index contributed by atoms with van der Waals surface area (Å²) >= 11 is 1.74. The Morgan fingerprint density at radius 1 is 0.782 bits per heavy atom. The number of thiophene rings is 1. The number of fused-ring (bicyclic) bond motifs is 3. The summed E-state index contributed by atoms with van der Waals surface area (Å²) in [5.74, 6) is 0.755. The summed E-state index contributed by atoms with van der Waals surface area (Å²) in [4.78, 5) is 15.4. The van der Waals surface area contributed by atoms with Crippen molar-refractivity contribution in [2.45, 2.75) is 91.7 Å². The molecule has 55 heavy (non-hydrogen) atoms. The van der Waals surface area contributed by atoms with Crippen molar-refractivity contribution >= 4 is 44.9 Å². The van der Waals surface area contributed by atoms with Crippen LogP contribution in [0.4, 0.5) is 0 Å². The Bertz CT molecular complexity index is 2460. The van der Waals surface area contributed by atoms with Crippen molar-refractivity contribution in [1.29, 1.82) is 0 Å². The maximum absolute atomic E-state index is 8.75. The zero-order valence-corrected chi connectivity index (χ0v) is 37.6. The summed E-state index contributed by atoms with van der Waals surface area (Å²) in [5.41, 5.74) is 7.77. The first-order valence-electron chi connectivity index (χ1n) is 20.3. The SMILES string of the molecule is CC(C)(c1ccnc(-c2[c-]cc3sc4nc(-c5ccccc5)ccc4c3c2)c1)C1CCCC1.[2H]C([2H])(c1cc(-c2[c-]cccc2)ncc1[Si](C)(C)C)C(C)(C)C.[Ir]. The molecule has 0 N–H and O–H groups in total. The van der Waals surface area contributed by atoms with Crippen LogP contribution in [0.5, 0.6) is 0 Å². The number of nitrogens with zero attached hydrogens (tertiary/aromatic N) is 3. The standard InChI is InChI=1S/C30H27N2S.C19H26NSi.Ir/c1-30(2,22-10-6-7-11-22)23-16-17-31-27(19-23)21-12-15-28-25(18-21)24-13-14-26(32-29(24)33-28)20-8-4-3-5-9-20;1-19(2,3)13-16-12-17(15-10-8-7-9-11-15)20-14-18(16)21(4,5)6;/h3-5,8-9,13-19,22H,6-7,10-11H2,1-2H3;7-10,12,14H,13H2,1-6H3;/q2*-1;/i;13D2;. The second-order valence-corrected chi connectivity index (χ2v) is 23.4. The van der Waals surface area contributed by atoms with Crippen molar-refractivity contribution in [2.75, 3.05) is 0 Å². The molecule has 0 atom stereocenters. The summed E-state index contributed by atoms with van der Waals surface area (Å²) in [7, 11) is -1.70. The molecule has 1 fully saturated rings. The minimum Gasteiger partial charge on any atom is -0.305 e. The van der Waals surface area contributed by atoms with Crippen LogP contribution in [0.1, 0.15) is 74.2 Å². The van der Waals surface area contributed by atoms with Gasteiger partial charge in [0.2, 0.25) is 0 Å². The molecule has 0 spiro atoms. The van der Waals surface area contributed by atoms with Gasteiger partial charge >= 0.3 is 0 Å². The molecule has 6 heteroatoms. The predicted octanol–water partition coefficient (Wildman–Crippen LogP) is 13.1. The van der Waals surface area contributed by atoms with Gasteiger partial charge in [-0.15, -0.1) is 59.7 Å². The summed E-state index contributed by atoms with van der Waals surface area (Å²) < 4.78 is 18.7. The molecule has 0 amide bonds. The van der Waals surface area contributed by atoms with Crippen LogP contribution in [0.3, 0.4) is 0 Å². The Morgan fingerprint density at radius 3 is 2.20 bits per heavy atom. The third-order valence-corrected chi connectivity index (χ3v) is 13.8. The minimum absolute atomic E-state index is 0. The molecule has 1 saturated carbocycles. The van der Waals surface area contributed by atoms with E-state index < -0.39 is 19.9 Å². The van der Waals surface area contributed by atoms with E-state index in [1.165, 1.54) is 46.7 Å². The molecule has 4 heterocycles. The van der Waals surface area contributed by atoms with Gasteiger partial charge in [0.1, 0.15) is 4.83 Å². The van der Waals surface area contributed by atoms with E-state index >= 15 is 0 Å². The fraction of sp³-hybridized carbons (Fsp3) is 0.327. The molecule has 7 aromatic rings. The molecule has 4 aromatic heterocycles. The van der Waals surface area contributed by atoms with Gasteiger partial charge in [0.15, 0.2) is 0 Å². The van der Waals surface area contributed by atoms with E-state index in [-0.39, 0.29) is 25.5 Å². The first-order chi connectivity index (χ1) is 26.5. The third-order valence-electron chi connectivity index (χ3n) is 10.7. The zero-order chi connectivity index (χ0) is 39.9. The molecule has 1 aliphatic carbocycles. The van der Waals surface area contributed by atoms with Crippen molar-refractivity contribution < 1.29 is 22.8 Å². The number of aromatic nitrogens is 3. The molecular formula is C49H53IrN3SSi-2. The van der Waals surface area contributed by atoms with Gasteiger partial charge in [0.05, 0.1) is 13.8 Å². The van der Waals surface area contributed by atoms with Crippen molar-refractivity contribution in [1.82, 2.24) is 15.0 Å². The number of pyridine rings is 3. The Kier molecular flexibility index (Phi) is 11.6. The van der Waals surface area contributed by atoms with E-state index in [9.17, 15) is 0 Å². The zero-order valence-electron chi connectivity index (χ0n) is 35.4. The van der Waals surface area contributed by atoms with E-state index in [1.807, 2.05) is 69.6 Å². The molecule has 0 unspecified atom stereocenters. The fourth-order valence-electron chi connectivity index (χ4n) is 7.64. The van der Waals surface area contributed by atoms with Gasteiger partial charge in [-0.3, -0.25) is 0 Å². The Hall–Kier alpha value is -3.80. The van der Waals surface area contributed by atoms with Crippen LogP contribution >= 0.6 is 11.3 Å².